The highest BCUT2D eigenvalue weighted by molar-refractivity contribution is 5.68. The van der Waals surface area contributed by atoms with Gasteiger partial charge in [-0.1, -0.05) is 37.3 Å². The van der Waals surface area contributed by atoms with Gasteiger partial charge in [-0.15, -0.1) is 0 Å². The van der Waals surface area contributed by atoms with E-state index in [2.05, 4.69) is 4.98 Å². The van der Waals surface area contributed by atoms with E-state index in [0.29, 0.717) is 30.3 Å². The zero-order valence-electron chi connectivity index (χ0n) is 17.1. The molecule has 6 nitrogen and oxygen atoms in total. The maximum atomic E-state index is 12.6. The number of oxazole rings is 1. The molecule has 1 aliphatic rings. The third kappa shape index (κ3) is 4.38. The summed E-state index contributed by atoms with van der Waals surface area (Å²) in [5.41, 5.74) is 0.538. The van der Waals surface area contributed by atoms with Gasteiger partial charge in [-0.25, -0.2) is 9.78 Å². The number of benzene rings is 1. The van der Waals surface area contributed by atoms with Gasteiger partial charge in [0.2, 0.25) is 0 Å². The van der Waals surface area contributed by atoms with Crippen LogP contribution in [-0.2, 0) is 16.9 Å². The van der Waals surface area contributed by atoms with Crippen LogP contribution in [0.3, 0.4) is 0 Å². The van der Waals surface area contributed by atoms with Gasteiger partial charge in [0.15, 0.2) is 5.89 Å². The normalized spacial score (nSPS) is 22.0. The van der Waals surface area contributed by atoms with Crippen molar-refractivity contribution in [3.63, 3.8) is 0 Å². The number of amides is 1. The molecule has 1 N–H and O–H groups in total. The number of carbonyl (C=O) groups excluding carboxylic acids is 1. The van der Waals surface area contributed by atoms with Crippen LogP contribution < -0.4 is 0 Å². The number of likely N-dealkylation sites (tertiary alicyclic amines) is 1. The Bertz CT molecular complexity index is 800. The van der Waals surface area contributed by atoms with Gasteiger partial charge in [0.25, 0.3) is 0 Å². The molecule has 0 saturated carbocycles. The Balaban J connectivity index is 1.69. The smallest absolute Gasteiger partial charge is 0.410 e. The van der Waals surface area contributed by atoms with Crippen molar-refractivity contribution < 1.29 is 19.1 Å². The molecular formula is C22H30N2O4. The maximum absolute atomic E-state index is 12.6. The number of aliphatic hydroxyl groups is 1. The van der Waals surface area contributed by atoms with E-state index in [1.807, 2.05) is 51.1 Å². The molecule has 1 saturated heterocycles. The van der Waals surface area contributed by atoms with E-state index < -0.39 is 5.60 Å². The highest BCUT2D eigenvalue weighted by atomic mass is 16.6. The number of aryl methyl sites for hydroxylation is 1. The molecule has 1 aromatic carbocycles. The van der Waals surface area contributed by atoms with Crippen LogP contribution in [0.15, 0.2) is 34.7 Å². The minimum atomic E-state index is -1.01. The molecule has 0 aliphatic carbocycles. The lowest BCUT2D eigenvalue weighted by atomic mass is 9.93. The largest absolute Gasteiger partial charge is 0.445 e. The second-order valence-corrected chi connectivity index (χ2v) is 7.90. The fourth-order valence-electron chi connectivity index (χ4n) is 3.62. The average Bonchev–Trinajstić information content (AvgIpc) is 3.10. The van der Waals surface area contributed by atoms with Crippen molar-refractivity contribution in [2.75, 3.05) is 6.54 Å². The first kappa shape index (κ1) is 20.4. The van der Waals surface area contributed by atoms with Gasteiger partial charge in [-0.2, -0.15) is 0 Å². The molecule has 28 heavy (non-hydrogen) atoms. The molecule has 2 aromatic rings. The second-order valence-electron chi connectivity index (χ2n) is 7.90. The molecule has 0 radical (unpaired) electrons. The molecule has 152 valence electrons. The first-order valence-electron chi connectivity index (χ1n) is 9.99. The number of hydrogen-bond acceptors (Lipinski definition) is 5. The Morgan fingerprint density at radius 2 is 2.07 bits per heavy atom. The van der Waals surface area contributed by atoms with Crippen LogP contribution in [0, 0.1) is 6.92 Å². The number of carbonyl (C=O) groups is 1. The van der Waals surface area contributed by atoms with Crippen molar-refractivity contribution in [2.24, 2.45) is 0 Å². The molecule has 6 heteroatoms. The van der Waals surface area contributed by atoms with E-state index >= 15 is 0 Å². The maximum Gasteiger partial charge on any atom is 0.410 e. The Morgan fingerprint density at radius 3 is 2.75 bits per heavy atom. The minimum Gasteiger partial charge on any atom is -0.445 e. The monoisotopic (exact) mass is 386 g/mol. The van der Waals surface area contributed by atoms with Gasteiger partial charge in [0.1, 0.15) is 23.7 Å². The average molecular weight is 386 g/mol. The lowest BCUT2D eigenvalue weighted by Gasteiger charge is -2.36. The standard InChI is InChI=1S/C22H30N2O4/c1-5-22(4,26)19-16(3)28-20(23-19)18-12-11-15(2)24(13-18)21(25)27-14-17-9-7-6-8-10-17/h6-10,15,18,26H,5,11-14H2,1-4H3/t15-,18?,22-/m1/s1. The molecular weight excluding hydrogens is 356 g/mol. The van der Waals surface area contributed by atoms with Crippen LogP contribution in [0.2, 0.25) is 0 Å². The van der Waals surface area contributed by atoms with E-state index in [9.17, 15) is 9.90 Å². The van der Waals surface area contributed by atoms with E-state index in [4.69, 9.17) is 9.15 Å². The number of rotatable bonds is 5. The van der Waals surface area contributed by atoms with Crippen molar-refractivity contribution in [3.05, 3.63) is 53.2 Å². The molecule has 1 aliphatic heterocycles. The third-order valence-corrected chi connectivity index (χ3v) is 5.68. The summed E-state index contributed by atoms with van der Waals surface area (Å²) in [5.74, 6) is 1.23. The second kappa shape index (κ2) is 8.35. The van der Waals surface area contributed by atoms with Crippen LogP contribution >= 0.6 is 0 Å². The number of piperidine rings is 1. The number of ether oxygens (including phenoxy) is 1. The minimum absolute atomic E-state index is 0.000538. The van der Waals surface area contributed by atoms with E-state index in [1.54, 1.807) is 11.8 Å². The molecule has 3 rings (SSSR count). The Hall–Kier alpha value is -2.34. The lowest BCUT2D eigenvalue weighted by molar-refractivity contribution is 0.0474. The van der Waals surface area contributed by atoms with Crippen LogP contribution in [0.1, 0.15) is 68.9 Å². The van der Waals surface area contributed by atoms with E-state index in [1.165, 1.54) is 0 Å². The molecule has 1 unspecified atom stereocenters. The van der Waals surface area contributed by atoms with Crippen molar-refractivity contribution >= 4 is 6.09 Å². The van der Waals surface area contributed by atoms with Crippen LogP contribution in [-0.4, -0.2) is 33.7 Å². The topological polar surface area (TPSA) is 75.8 Å². The summed E-state index contributed by atoms with van der Waals surface area (Å²) in [6.07, 6.45) is 1.98. The molecule has 3 atom stereocenters. The summed E-state index contributed by atoms with van der Waals surface area (Å²) in [6.45, 7) is 8.29. The summed E-state index contributed by atoms with van der Waals surface area (Å²) in [6, 6.07) is 9.77. The summed E-state index contributed by atoms with van der Waals surface area (Å²) in [5, 5.41) is 10.5. The van der Waals surface area contributed by atoms with E-state index in [-0.39, 0.29) is 24.7 Å². The Morgan fingerprint density at radius 1 is 1.36 bits per heavy atom. The molecule has 1 fully saturated rings. The lowest BCUT2D eigenvalue weighted by Crippen LogP contribution is -2.45. The SMILES string of the molecule is CC[C@@](C)(O)c1nc(C2CC[C@@H](C)N(C(=O)OCc3ccccc3)C2)oc1C. The van der Waals surface area contributed by atoms with Gasteiger partial charge in [0.05, 0.1) is 5.92 Å². The molecule has 1 amide bonds. The van der Waals surface area contributed by atoms with Crippen molar-refractivity contribution in [1.29, 1.82) is 0 Å². The van der Waals surface area contributed by atoms with Crippen LogP contribution in [0.25, 0.3) is 0 Å². The fourth-order valence-corrected chi connectivity index (χ4v) is 3.62. The fraction of sp³-hybridized carbons (Fsp3) is 0.545. The first-order chi connectivity index (χ1) is 13.3. The van der Waals surface area contributed by atoms with Gasteiger partial charge >= 0.3 is 6.09 Å². The summed E-state index contributed by atoms with van der Waals surface area (Å²) < 4.78 is 11.4. The van der Waals surface area contributed by atoms with Crippen LogP contribution in [0.4, 0.5) is 4.79 Å². The highest BCUT2D eigenvalue weighted by Crippen LogP contribution is 2.34. The summed E-state index contributed by atoms with van der Waals surface area (Å²) in [4.78, 5) is 19.0. The van der Waals surface area contributed by atoms with Gasteiger partial charge < -0.3 is 19.2 Å². The van der Waals surface area contributed by atoms with Gasteiger partial charge in [-0.3, -0.25) is 0 Å². The Labute approximate surface area is 166 Å². The molecule has 2 heterocycles. The number of hydrogen-bond donors (Lipinski definition) is 1. The highest BCUT2D eigenvalue weighted by Gasteiger charge is 2.35. The molecule has 0 bridgehead atoms. The predicted octanol–water partition coefficient (Wildman–Crippen LogP) is 4.51. The molecule has 1 aromatic heterocycles. The summed E-state index contributed by atoms with van der Waals surface area (Å²) in [7, 11) is 0. The zero-order chi connectivity index (χ0) is 20.3. The quantitative estimate of drug-likeness (QED) is 0.818. The summed E-state index contributed by atoms with van der Waals surface area (Å²) >= 11 is 0. The van der Waals surface area contributed by atoms with Crippen molar-refractivity contribution in [3.8, 4) is 0 Å². The number of nitrogens with zero attached hydrogens (tertiary/aromatic N) is 2. The van der Waals surface area contributed by atoms with Gasteiger partial charge in [0, 0.05) is 12.6 Å². The van der Waals surface area contributed by atoms with E-state index in [0.717, 1.165) is 18.4 Å². The Kier molecular flexibility index (Phi) is 6.08. The van der Waals surface area contributed by atoms with Gasteiger partial charge in [-0.05, 0) is 45.6 Å². The third-order valence-electron chi connectivity index (χ3n) is 5.68. The number of aromatic nitrogens is 1. The van der Waals surface area contributed by atoms with Crippen LogP contribution in [0.5, 0.6) is 0 Å². The van der Waals surface area contributed by atoms with Crippen molar-refractivity contribution in [1.82, 2.24) is 9.88 Å². The zero-order valence-corrected chi connectivity index (χ0v) is 17.1. The predicted molar refractivity (Wildman–Crippen MR) is 106 cm³/mol. The first-order valence-corrected chi connectivity index (χ1v) is 9.99. The van der Waals surface area contributed by atoms with Crippen molar-refractivity contribution in [2.45, 2.75) is 71.1 Å². The molecule has 0 spiro atoms.